The van der Waals surface area contributed by atoms with Crippen LogP contribution >= 0.6 is 0 Å². The molecular formula is C18H13FO. The molecule has 3 aromatic carbocycles. The van der Waals surface area contributed by atoms with E-state index in [0.717, 1.165) is 16.3 Å². The fraction of sp³-hybridized carbons (Fsp3) is 0.0556. The molecule has 1 nitrogen and oxygen atoms in total. The van der Waals surface area contributed by atoms with Crippen LogP contribution in [-0.2, 0) is 6.42 Å². The first-order chi connectivity index (χ1) is 9.74. The summed E-state index contributed by atoms with van der Waals surface area (Å²) in [6.07, 6.45) is 0.214. The highest BCUT2D eigenvalue weighted by Gasteiger charge is 2.11. The summed E-state index contributed by atoms with van der Waals surface area (Å²) in [5.74, 6) is -0.656. The summed E-state index contributed by atoms with van der Waals surface area (Å²) in [5, 5.41) is 2.22. The SMILES string of the molecule is O=C(Cc1ccc2ccccc2c1)c1ccccc1F. The van der Waals surface area contributed by atoms with Crippen molar-refractivity contribution in [3.05, 3.63) is 83.7 Å². The molecule has 0 N–H and O–H groups in total. The zero-order valence-electron chi connectivity index (χ0n) is 10.8. The van der Waals surface area contributed by atoms with Gasteiger partial charge in [0.2, 0.25) is 0 Å². The van der Waals surface area contributed by atoms with Gasteiger partial charge in [0.15, 0.2) is 5.78 Å². The third-order valence-electron chi connectivity index (χ3n) is 3.35. The van der Waals surface area contributed by atoms with E-state index >= 15 is 0 Å². The molecule has 0 saturated carbocycles. The number of halogens is 1. The zero-order valence-corrected chi connectivity index (χ0v) is 10.8. The number of Topliss-reactive ketones (excluding diaryl/α,β-unsaturated/α-hetero) is 1. The fourth-order valence-electron chi connectivity index (χ4n) is 2.32. The molecule has 0 amide bonds. The van der Waals surface area contributed by atoms with Gasteiger partial charge in [0.1, 0.15) is 5.82 Å². The van der Waals surface area contributed by atoms with E-state index in [1.165, 1.54) is 12.1 Å². The van der Waals surface area contributed by atoms with Gasteiger partial charge in [-0.3, -0.25) is 4.79 Å². The van der Waals surface area contributed by atoms with Gasteiger partial charge in [0.25, 0.3) is 0 Å². The maximum absolute atomic E-state index is 13.6. The molecule has 3 aromatic rings. The maximum atomic E-state index is 13.6. The second-order valence-corrected chi connectivity index (χ2v) is 4.76. The van der Waals surface area contributed by atoms with Gasteiger partial charge in [0, 0.05) is 6.42 Å². The van der Waals surface area contributed by atoms with Crippen LogP contribution in [0, 0.1) is 5.82 Å². The standard InChI is InChI=1S/C18H13FO/c19-17-8-4-3-7-16(17)18(20)12-13-9-10-14-5-1-2-6-15(14)11-13/h1-11H,12H2. The molecule has 0 aliphatic carbocycles. The van der Waals surface area contributed by atoms with Gasteiger partial charge in [-0.05, 0) is 28.5 Å². The second-order valence-electron chi connectivity index (χ2n) is 4.76. The van der Waals surface area contributed by atoms with Gasteiger partial charge in [-0.2, -0.15) is 0 Å². The molecule has 0 fully saturated rings. The molecule has 0 atom stereocenters. The lowest BCUT2D eigenvalue weighted by molar-refractivity contribution is 0.0989. The molecule has 0 bridgehead atoms. The lowest BCUT2D eigenvalue weighted by Gasteiger charge is -2.04. The van der Waals surface area contributed by atoms with E-state index in [1.807, 2.05) is 42.5 Å². The predicted molar refractivity (Wildman–Crippen MR) is 78.4 cm³/mol. The average molecular weight is 264 g/mol. The first-order valence-electron chi connectivity index (χ1n) is 6.49. The molecule has 3 rings (SSSR count). The van der Waals surface area contributed by atoms with Gasteiger partial charge < -0.3 is 0 Å². The van der Waals surface area contributed by atoms with Gasteiger partial charge in [-0.25, -0.2) is 4.39 Å². The molecule has 0 aliphatic heterocycles. The Bertz CT molecular complexity index is 777. The summed E-state index contributed by atoms with van der Waals surface area (Å²) in [6, 6.07) is 20.0. The third kappa shape index (κ3) is 2.45. The Morgan fingerprint density at radius 2 is 1.55 bits per heavy atom. The smallest absolute Gasteiger partial charge is 0.170 e. The van der Waals surface area contributed by atoms with Crippen molar-refractivity contribution >= 4 is 16.6 Å². The Hall–Kier alpha value is -2.48. The van der Waals surface area contributed by atoms with Gasteiger partial charge in [-0.15, -0.1) is 0 Å². The van der Waals surface area contributed by atoms with Crippen molar-refractivity contribution in [3.63, 3.8) is 0 Å². The Balaban J connectivity index is 1.89. The first-order valence-corrected chi connectivity index (χ1v) is 6.49. The second kappa shape index (κ2) is 5.25. The van der Waals surface area contributed by atoms with Crippen LogP contribution in [0.3, 0.4) is 0 Å². The highest BCUT2D eigenvalue weighted by atomic mass is 19.1. The topological polar surface area (TPSA) is 17.1 Å². The summed E-state index contributed by atoms with van der Waals surface area (Å²) >= 11 is 0. The molecular weight excluding hydrogens is 251 g/mol. The van der Waals surface area contributed by atoms with E-state index in [2.05, 4.69) is 0 Å². The summed E-state index contributed by atoms with van der Waals surface area (Å²) in [6.45, 7) is 0. The molecule has 20 heavy (non-hydrogen) atoms. The molecule has 0 aliphatic rings. The minimum atomic E-state index is -0.460. The Morgan fingerprint density at radius 3 is 2.35 bits per heavy atom. The number of carbonyl (C=O) groups is 1. The van der Waals surface area contributed by atoms with Gasteiger partial charge in [0.05, 0.1) is 5.56 Å². The number of rotatable bonds is 3. The highest BCUT2D eigenvalue weighted by molar-refractivity contribution is 5.98. The van der Waals surface area contributed by atoms with E-state index in [-0.39, 0.29) is 17.8 Å². The van der Waals surface area contributed by atoms with Crippen molar-refractivity contribution in [2.45, 2.75) is 6.42 Å². The zero-order chi connectivity index (χ0) is 13.9. The van der Waals surface area contributed by atoms with Gasteiger partial charge >= 0.3 is 0 Å². The number of ketones is 1. The monoisotopic (exact) mass is 264 g/mol. The van der Waals surface area contributed by atoms with Crippen LogP contribution in [0.25, 0.3) is 10.8 Å². The van der Waals surface area contributed by atoms with E-state index in [0.29, 0.717) is 0 Å². The minimum Gasteiger partial charge on any atom is -0.294 e. The summed E-state index contributed by atoms with van der Waals surface area (Å²) in [5.41, 5.74) is 1.05. The summed E-state index contributed by atoms with van der Waals surface area (Å²) in [4.78, 5) is 12.1. The number of fused-ring (bicyclic) bond motifs is 1. The molecule has 0 radical (unpaired) electrons. The van der Waals surface area contributed by atoms with E-state index < -0.39 is 5.82 Å². The normalized spacial score (nSPS) is 10.7. The molecule has 98 valence electrons. The minimum absolute atomic E-state index is 0.153. The predicted octanol–water partition coefficient (Wildman–Crippen LogP) is 4.40. The van der Waals surface area contributed by atoms with Gasteiger partial charge in [-0.1, -0.05) is 54.6 Å². The number of benzene rings is 3. The van der Waals surface area contributed by atoms with Crippen LogP contribution in [0.1, 0.15) is 15.9 Å². The van der Waals surface area contributed by atoms with Crippen molar-refractivity contribution in [2.75, 3.05) is 0 Å². The molecule has 2 heteroatoms. The maximum Gasteiger partial charge on any atom is 0.170 e. The molecule has 0 unspecified atom stereocenters. The Kier molecular flexibility index (Phi) is 3.30. The van der Waals surface area contributed by atoms with Crippen LogP contribution in [-0.4, -0.2) is 5.78 Å². The quantitative estimate of drug-likeness (QED) is 0.641. The average Bonchev–Trinajstić information content (AvgIpc) is 2.47. The van der Waals surface area contributed by atoms with Crippen LogP contribution in [0.4, 0.5) is 4.39 Å². The summed E-state index contributed by atoms with van der Waals surface area (Å²) < 4.78 is 13.6. The van der Waals surface area contributed by atoms with Crippen molar-refractivity contribution in [1.82, 2.24) is 0 Å². The molecule has 0 spiro atoms. The number of carbonyl (C=O) groups excluding carboxylic acids is 1. The fourth-order valence-corrected chi connectivity index (χ4v) is 2.32. The van der Waals surface area contributed by atoms with Crippen molar-refractivity contribution in [1.29, 1.82) is 0 Å². The van der Waals surface area contributed by atoms with E-state index in [1.54, 1.807) is 12.1 Å². The van der Waals surface area contributed by atoms with Crippen LogP contribution in [0.15, 0.2) is 66.7 Å². The Morgan fingerprint density at radius 1 is 0.850 bits per heavy atom. The molecule has 0 saturated heterocycles. The largest absolute Gasteiger partial charge is 0.294 e. The lowest BCUT2D eigenvalue weighted by Crippen LogP contribution is -2.05. The van der Waals surface area contributed by atoms with Crippen LogP contribution in [0.5, 0.6) is 0 Å². The third-order valence-corrected chi connectivity index (χ3v) is 3.35. The van der Waals surface area contributed by atoms with E-state index in [9.17, 15) is 9.18 Å². The van der Waals surface area contributed by atoms with Crippen LogP contribution < -0.4 is 0 Å². The van der Waals surface area contributed by atoms with Crippen molar-refractivity contribution in [3.8, 4) is 0 Å². The number of hydrogen-bond acceptors (Lipinski definition) is 1. The highest BCUT2D eigenvalue weighted by Crippen LogP contribution is 2.17. The Labute approximate surface area is 116 Å². The molecule has 0 heterocycles. The van der Waals surface area contributed by atoms with Crippen molar-refractivity contribution in [2.24, 2.45) is 0 Å². The summed E-state index contributed by atoms with van der Waals surface area (Å²) in [7, 11) is 0. The lowest BCUT2D eigenvalue weighted by atomic mass is 10.00. The van der Waals surface area contributed by atoms with E-state index in [4.69, 9.17) is 0 Å². The first kappa shape index (κ1) is 12.5. The molecule has 0 aromatic heterocycles. The number of hydrogen-bond donors (Lipinski definition) is 0. The van der Waals surface area contributed by atoms with Crippen LogP contribution in [0.2, 0.25) is 0 Å². The van der Waals surface area contributed by atoms with Crippen molar-refractivity contribution < 1.29 is 9.18 Å².